The summed E-state index contributed by atoms with van der Waals surface area (Å²) in [4.78, 5) is 0. The zero-order chi connectivity index (χ0) is 11.6. The maximum atomic E-state index is 10.3. The highest BCUT2D eigenvalue weighted by Crippen LogP contribution is 2.29. The van der Waals surface area contributed by atoms with Crippen LogP contribution in [0.25, 0.3) is 0 Å². The van der Waals surface area contributed by atoms with Crippen LogP contribution in [-0.2, 0) is 12.0 Å². The van der Waals surface area contributed by atoms with Crippen LogP contribution < -0.4 is 10.1 Å². The predicted octanol–water partition coefficient (Wildman–Crippen LogP) is 1.44. The molecule has 0 saturated heterocycles. The summed E-state index contributed by atoms with van der Waals surface area (Å²) in [7, 11) is 1.84. The van der Waals surface area contributed by atoms with Crippen molar-refractivity contribution in [2.24, 2.45) is 0 Å². The average Bonchev–Trinajstić information content (AvgIpc) is 2.28. The topological polar surface area (TPSA) is 41.5 Å². The molecule has 1 aromatic carbocycles. The van der Waals surface area contributed by atoms with Gasteiger partial charge in [0.25, 0.3) is 0 Å². The van der Waals surface area contributed by atoms with Gasteiger partial charge < -0.3 is 15.2 Å². The van der Waals surface area contributed by atoms with Crippen LogP contribution in [0.4, 0.5) is 0 Å². The van der Waals surface area contributed by atoms with Crippen LogP contribution >= 0.6 is 0 Å². The minimum absolute atomic E-state index is 0.548. The van der Waals surface area contributed by atoms with Crippen LogP contribution in [0.15, 0.2) is 18.2 Å². The predicted molar refractivity (Wildman–Crippen MR) is 63.8 cm³/mol. The number of hydrogen-bond donors (Lipinski definition) is 2. The van der Waals surface area contributed by atoms with E-state index in [9.17, 15) is 5.11 Å². The summed E-state index contributed by atoms with van der Waals surface area (Å²) in [6.07, 6.45) is 2.10. The molecule has 2 N–H and O–H groups in total. The summed E-state index contributed by atoms with van der Waals surface area (Å²) < 4.78 is 5.55. The lowest BCUT2D eigenvalue weighted by Crippen LogP contribution is -2.33. The number of benzene rings is 1. The Hall–Kier alpha value is -1.06. The summed E-state index contributed by atoms with van der Waals surface area (Å²) in [5.74, 6) is 0.968. The highest BCUT2D eigenvalue weighted by atomic mass is 16.5. The Bertz CT molecular complexity index is 374. The first-order chi connectivity index (χ1) is 7.63. The van der Waals surface area contributed by atoms with Gasteiger partial charge in [-0.1, -0.05) is 6.07 Å². The van der Waals surface area contributed by atoms with Crippen molar-refractivity contribution in [3.8, 4) is 5.75 Å². The summed E-state index contributed by atoms with van der Waals surface area (Å²) in [5, 5.41) is 13.3. The fourth-order valence-electron chi connectivity index (χ4n) is 2.14. The molecule has 0 fully saturated rings. The van der Waals surface area contributed by atoms with Crippen molar-refractivity contribution in [2.45, 2.75) is 25.4 Å². The lowest BCUT2D eigenvalue weighted by Gasteiger charge is -2.26. The van der Waals surface area contributed by atoms with Crippen molar-refractivity contribution >= 4 is 0 Å². The second-order valence-corrected chi connectivity index (χ2v) is 4.58. The number of aliphatic hydroxyl groups is 1. The van der Waals surface area contributed by atoms with E-state index in [-0.39, 0.29) is 0 Å². The van der Waals surface area contributed by atoms with Crippen LogP contribution in [0, 0.1) is 0 Å². The third-order valence-corrected chi connectivity index (χ3v) is 3.05. The molecule has 0 aliphatic carbocycles. The Morgan fingerprint density at radius 3 is 3.06 bits per heavy atom. The zero-order valence-electron chi connectivity index (χ0n) is 9.92. The molecule has 2 rings (SSSR count). The molecule has 1 aromatic rings. The highest BCUT2D eigenvalue weighted by Gasteiger charge is 2.23. The van der Waals surface area contributed by atoms with Gasteiger partial charge in [-0.3, -0.25) is 0 Å². The quantitative estimate of drug-likeness (QED) is 0.811. The van der Waals surface area contributed by atoms with E-state index in [1.165, 1.54) is 5.56 Å². The third-order valence-electron chi connectivity index (χ3n) is 3.05. The molecular weight excluding hydrogens is 202 g/mol. The molecule has 16 heavy (non-hydrogen) atoms. The molecular formula is C13H19NO2. The van der Waals surface area contributed by atoms with Crippen LogP contribution in [-0.4, -0.2) is 25.3 Å². The Labute approximate surface area is 96.4 Å². The average molecular weight is 221 g/mol. The molecule has 1 atom stereocenters. The molecule has 0 bridgehead atoms. The largest absolute Gasteiger partial charge is 0.493 e. The van der Waals surface area contributed by atoms with Crippen molar-refractivity contribution in [1.82, 2.24) is 5.32 Å². The molecule has 0 aromatic heterocycles. The second kappa shape index (κ2) is 4.44. The summed E-state index contributed by atoms with van der Waals surface area (Å²) in [6.45, 7) is 3.18. The van der Waals surface area contributed by atoms with E-state index < -0.39 is 5.60 Å². The summed E-state index contributed by atoms with van der Waals surface area (Å²) in [5.41, 5.74) is 1.34. The highest BCUT2D eigenvalue weighted by molar-refractivity contribution is 5.40. The number of nitrogens with one attached hydrogen (secondary N) is 1. The lowest BCUT2D eigenvalue weighted by molar-refractivity contribution is 0.0589. The second-order valence-electron chi connectivity index (χ2n) is 4.58. The van der Waals surface area contributed by atoms with Gasteiger partial charge >= 0.3 is 0 Å². The standard InChI is InChI=1S/C13H19NO2/c1-13(15,9-14-2)11-5-6-12-10(8-11)4-3-7-16-12/h5-6,8,14-15H,3-4,7,9H2,1-2H3. The van der Waals surface area contributed by atoms with Gasteiger partial charge in [0.15, 0.2) is 0 Å². The molecule has 0 spiro atoms. The van der Waals surface area contributed by atoms with Gasteiger partial charge in [0.1, 0.15) is 5.75 Å². The molecule has 0 amide bonds. The van der Waals surface area contributed by atoms with Gasteiger partial charge in [-0.15, -0.1) is 0 Å². The summed E-state index contributed by atoms with van der Waals surface area (Å²) in [6, 6.07) is 5.97. The van der Waals surface area contributed by atoms with E-state index in [0.717, 1.165) is 30.8 Å². The molecule has 1 heterocycles. The molecule has 3 heteroatoms. The van der Waals surface area contributed by atoms with E-state index in [1.54, 1.807) is 0 Å². The van der Waals surface area contributed by atoms with Crippen molar-refractivity contribution in [1.29, 1.82) is 0 Å². The fraction of sp³-hybridized carbons (Fsp3) is 0.538. The van der Waals surface area contributed by atoms with E-state index >= 15 is 0 Å². The van der Waals surface area contributed by atoms with Crippen LogP contribution in [0.1, 0.15) is 24.5 Å². The van der Waals surface area contributed by atoms with Crippen molar-refractivity contribution in [3.63, 3.8) is 0 Å². The van der Waals surface area contributed by atoms with Gasteiger partial charge in [-0.05, 0) is 50.1 Å². The first-order valence-electron chi connectivity index (χ1n) is 5.77. The minimum Gasteiger partial charge on any atom is -0.493 e. The molecule has 1 aliphatic rings. The van der Waals surface area contributed by atoms with E-state index in [4.69, 9.17) is 4.74 Å². The number of hydrogen-bond acceptors (Lipinski definition) is 3. The van der Waals surface area contributed by atoms with Gasteiger partial charge in [-0.25, -0.2) is 0 Å². The van der Waals surface area contributed by atoms with Crippen molar-refractivity contribution in [2.75, 3.05) is 20.2 Å². The summed E-state index contributed by atoms with van der Waals surface area (Å²) >= 11 is 0. The number of fused-ring (bicyclic) bond motifs is 1. The maximum absolute atomic E-state index is 10.3. The van der Waals surface area contributed by atoms with Crippen molar-refractivity contribution in [3.05, 3.63) is 29.3 Å². The van der Waals surface area contributed by atoms with E-state index in [0.29, 0.717) is 6.54 Å². The fourth-order valence-corrected chi connectivity index (χ4v) is 2.14. The van der Waals surface area contributed by atoms with Gasteiger partial charge in [0.05, 0.1) is 12.2 Å². The number of rotatable bonds is 3. The number of likely N-dealkylation sites (N-methyl/N-ethyl adjacent to an activating group) is 1. The van der Waals surface area contributed by atoms with Crippen LogP contribution in [0.3, 0.4) is 0 Å². The zero-order valence-corrected chi connectivity index (χ0v) is 9.92. The monoisotopic (exact) mass is 221 g/mol. The van der Waals surface area contributed by atoms with E-state index in [2.05, 4.69) is 11.4 Å². The molecule has 88 valence electrons. The Balaban J connectivity index is 2.29. The first kappa shape index (κ1) is 11.4. The molecule has 0 saturated carbocycles. The molecule has 3 nitrogen and oxygen atoms in total. The van der Waals surface area contributed by atoms with Gasteiger partial charge in [0.2, 0.25) is 0 Å². The van der Waals surface area contributed by atoms with Gasteiger partial charge in [-0.2, -0.15) is 0 Å². The Morgan fingerprint density at radius 1 is 1.50 bits per heavy atom. The van der Waals surface area contributed by atoms with Gasteiger partial charge in [0, 0.05) is 6.54 Å². The molecule has 1 aliphatic heterocycles. The molecule has 1 unspecified atom stereocenters. The Morgan fingerprint density at radius 2 is 2.31 bits per heavy atom. The lowest BCUT2D eigenvalue weighted by atomic mass is 9.92. The van der Waals surface area contributed by atoms with Crippen LogP contribution in [0.2, 0.25) is 0 Å². The van der Waals surface area contributed by atoms with E-state index in [1.807, 2.05) is 26.1 Å². The third kappa shape index (κ3) is 2.20. The van der Waals surface area contributed by atoms with Crippen molar-refractivity contribution < 1.29 is 9.84 Å². The first-order valence-corrected chi connectivity index (χ1v) is 5.77. The normalized spacial score (nSPS) is 18.4. The Kier molecular flexibility index (Phi) is 3.17. The number of aryl methyl sites for hydroxylation is 1. The molecule has 0 radical (unpaired) electrons. The van der Waals surface area contributed by atoms with Crippen LogP contribution in [0.5, 0.6) is 5.75 Å². The number of ether oxygens (including phenoxy) is 1. The maximum Gasteiger partial charge on any atom is 0.122 e. The smallest absolute Gasteiger partial charge is 0.122 e. The minimum atomic E-state index is -0.818. The SMILES string of the molecule is CNCC(C)(O)c1ccc2c(c1)CCCO2.